The third kappa shape index (κ3) is 3.74. The number of nitrogens with one attached hydrogen (secondary N) is 1. The standard InChI is InChI=1S/C15H20Br2N4/c1-4-21-14(15(17)10(3)20-21)8-13(19-18)11-5-9(2)6-12(16)7-11/h5-7,13,19H,4,8,18H2,1-3H3. The third-order valence-corrected chi connectivity index (χ3v) is 5.01. The summed E-state index contributed by atoms with van der Waals surface area (Å²) in [7, 11) is 0. The molecule has 0 bridgehead atoms. The highest BCUT2D eigenvalue weighted by molar-refractivity contribution is 9.10. The molecule has 1 atom stereocenters. The summed E-state index contributed by atoms with van der Waals surface area (Å²) in [4.78, 5) is 0. The second-order valence-electron chi connectivity index (χ2n) is 5.15. The molecule has 0 amide bonds. The number of benzene rings is 1. The van der Waals surface area contributed by atoms with E-state index in [2.05, 4.69) is 74.4 Å². The highest BCUT2D eigenvalue weighted by atomic mass is 79.9. The fourth-order valence-electron chi connectivity index (χ4n) is 2.50. The molecule has 3 N–H and O–H groups in total. The van der Waals surface area contributed by atoms with Gasteiger partial charge in [0.25, 0.3) is 0 Å². The Labute approximate surface area is 142 Å². The van der Waals surface area contributed by atoms with Crippen molar-refractivity contribution < 1.29 is 0 Å². The summed E-state index contributed by atoms with van der Waals surface area (Å²) in [6, 6.07) is 6.39. The van der Waals surface area contributed by atoms with Crippen LogP contribution in [0.15, 0.2) is 27.1 Å². The molecule has 1 unspecified atom stereocenters. The van der Waals surface area contributed by atoms with Crippen LogP contribution in [0.25, 0.3) is 0 Å². The van der Waals surface area contributed by atoms with Crippen molar-refractivity contribution in [2.75, 3.05) is 0 Å². The summed E-state index contributed by atoms with van der Waals surface area (Å²) < 4.78 is 4.16. The van der Waals surface area contributed by atoms with Crippen molar-refractivity contribution in [2.24, 2.45) is 5.84 Å². The van der Waals surface area contributed by atoms with Gasteiger partial charge in [-0.2, -0.15) is 5.10 Å². The minimum atomic E-state index is 0.0406. The molecule has 1 aromatic carbocycles. The molecular formula is C15H20Br2N4. The van der Waals surface area contributed by atoms with Gasteiger partial charge in [0, 0.05) is 17.4 Å². The van der Waals surface area contributed by atoms with Crippen LogP contribution >= 0.6 is 31.9 Å². The monoisotopic (exact) mass is 414 g/mol. The van der Waals surface area contributed by atoms with Crippen molar-refractivity contribution in [3.63, 3.8) is 0 Å². The van der Waals surface area contributed by atoms with Crippen molar-refractivity contribution in [1.29, 1.82) is 0 Å². The van der Waals surface area contributed by atoms with Gasteiger partial charge in [0.15, 0.2) is 0 Å². The van der Waals surface area contributed by atoms with Crippen LogP contribution in [-0.4, -0.2) is 9.78 Å². The smallest absolute Gasteiger partial charge is 0.0738 e. The van der Waals surface area contributed by atoms with E-state index >= 15 is 0 Å². The van der Waals surface area contributed by atoms with Crippen LogP contribution in [0.5, 0.6) is 0 Å². The average molecular weight is 416 g/mol. The van der Waals surface area contributed by atoms with Crippen molar-refractivity contribution in [2.45, 2.75) is 39.8 Å². The van der Waals surface area contributed by atoms with Crippen LogP contribution in [0.1, 0.15) is 35.5 Å². The summed E-state index contributed by atoms with van der Waals surface area (Å²) in [5, 5.41) is 4.54. The number of aryl methyl sites for hydroxylation is 3. The largest absolute Gasteiger partial charge is 0.271 e. The van der Waals surface area contributed by atoms with Gasteiger partial charge in [-0.15, -0.1) is 0 Å². The molecule has 4 nitrogen and oxygen atoms in total. The Hall–Kier alpha value is -0.690. The van der Waals surface area contributed by atoms with Crippen molar-refractivity contribution >= 4 is 31.9 Å². The molecule has 21 heavy (non-hydrogen) atoms. The molecule has 1 aromatic heterocycles. The summed E-state index contributed by atoms with van der Waals surface area (Å²) in [6.07, 6.45) is 0.779. The maximum atomic E-state index is 5.79. The predicted octanol–water partition coefficient (Wildman–Crippen LogP) is 3.79. The fraction of sp³-hybridized carbons (Fsp3) is 0.400. The van der Waals surface area contributed by atoms with Crippen molar-refractivity contribution in [3.05, 3.63) is 49.7 Å². The molecule has 0 radical (unpaired) electrons. The van der Waals surface area contributed by atoms with Crippen molar-refractivity contribution in [3.8, 4) is 0 Å². The average Bonchev–Trinajstić information content (AvgIpc) is 2.70. The van der Waals surface area contributed by atoms with E-state index in [1.165, 1.54) is 5.56 Å². The summed E-state index contributed by atoms with van der Waals surface area (Å²) >= 11 is 7.19. The van der Waals surface area contributed by atoms with E-state index in [0.717, 1.165) is 38.9 Å². The minimum absolute atomic E-state index is 0.0406. The van der Waals surface area contributed by atoms with Gasteiger partial charge in [0.1, 0.15) is 0 Å². The molecule has 0 spiro atoms. The normalized spacial score (nSPS) is 12.7. The zero-order valence-corrected chi connectivity index (χ0v) is 15.6. The third-order valence-electron chi connectivity index (χ3n) is 3.52. The quantitative estimate of drug-likeness (QED) is 0.576. The van der Waals surface area contributed by atoms with Gasteiger partial charge in [-0.05, 0) is 60.0 Å². The van der Waals surface area contributed by atoms with Crippen LogP contribution in [0, 0.1) is 13.8 Å². The molecule has 0 saturated heterocycles. The lowest BCUT2D eigenvalue weighted by atomic mass is 10.0. The van der Waals surface area contributed by atoms with Gasteiger partial charge in [-0.1, -0.05) is 22.0 Å². The predicted molar refractivity (Wildman–Crippen MR) is 93.0 cm³/mol. The molecule has 0 aliphatic heterocycles. The van der Waals surface area contributed by atoms with Gasteiger partial charge < -0.3 is 0 Å². The number of rotatable bonds is 5. The van der Waals surface area contributed by atoms with E-state index in [1.54, 1.807) is 0 Å². The first-order valence-corrected chi connectivity index (χ1v) is 8.49. The van der Waals surface area contributed by atoms with E-state index in [-0.39, 0.29) is 6.04 Å². The molecule has 2 rings (SSSR count). The molecule has 6 heteroatoms. The Morgan fingerprint density at radius 3 is 2.57 bits per heavy atom. The molecule has 0 aliphatic carbocycles. The Kier molecular flexibility index (Phi) is 5.60. The topological polar surface area (TPSA) is 55.9 Å². The zero-order chi connectivity index (χ0) is 15.6. The SMILES string of the molecule is CCn1nc(C)c(Br)c1CC(NN)c1cc(C)cc(Br)c1. The molecule has 2 aromatic rings. The van der Waals surface area contributed by atoms with E-state index in [1.807, 2.05) is 11.6 Å². The first-order chi connectivity index (χ1) is 9.96. The first kappa shape index (κ1) is 16.7. The van der Waals surface area contributed by atoms with Crippen molar-refractivity contribution in [1.82, 2.24) is 15.2 Å². The number of nitrogens with zero attached hydrogens (tertiary/aromatic N) is 2. The molecule has 0 aliphatic rings. The molecule has 0 saturated carbocycles. The van der Waals surface area contributed by atoms with E-state index in [0.29, 0.717) is 0 Å². The summed E-state index contributed by atoms with van der Waals surface area (Å²) in [6.45, 7) is 7.03. The number of hydrazine groups is 1. The van der Waals surface area contributed by atoms with Gasteiger partial charge in [0.05, 0.1) is 21.9 Å². The maximum Gasteiger partial charge on any atom is 0.0738 e. The number of hydrogen-bond donors (Lipinski definition) is 2. The summed E-state index contributed by atoms with van der Waals surface area (Å²) in [5.74, 6) is 5.79. The van der Waals surface area contributed by atoms with Crippen LogP contribution in [0.3, 0.4) is 0 Å². The lowest BCUT2D eigenvalue weighted by Gasteiger charge is -2.18. The van der Waals surface area contributed by atoms with Gasteiger partial charge in [-0.3, -0.25) is 16.0 Å². The number of hydrogen-bond acceptors (Lipinski definition) is 3. The zero-order valence-electron chi connectivity index (χ0n) is 12.5. The Morgan fingerprint density at radius 1 is 1.29 bits per heavy atom. The fourth-order valence-corrected chi connectivity index (χ4v) is 3.57. The molecule has 114 valence electrons. The lowest BCUT2D eigenvalue weighted by molar-refractivity contribution is 0.515. The van der Waals surface area contributed by atoms with E-state index in [4.69, 9.17) is 5.84 Å². The second kappa shape index (κ2) is 7.05. The highest BCUT2D eigenvalue weighted by Gasteiger charge is 2.18. The second-order valence-corrected chi connectivity index (χ2v) is 6.86. The van der Waals surface area contributed by atoms with E-state index in [9.17, 15) is 0 Å². The van der Waals surface area contributed by atoms with Crippen LogP contribution in [-0.2, 0) is 13.0 Å². The lowest BCUT2D eigenvalue weighted by Crippen LogP contribution is -2.30. The number of nitrogens with two attached hydrogens (primary N) is 1. The first-order valence-electron chi connectivity index (χ1n) is 6.91. The summed E-state index contributed by atoms with van der Waals surface area (Å²) in [5.41, 5.74) is 7.47. The molecular weight excluding hydrogens is 396 g/mol. The maximum absolute atomic E-state index is 5.79. The highest BCUT2D eigenvalue weighted by Crippen LogP contribution is 2.28. The Morgan fingerprint density at radius 2 is 2.00 bits per heavy atom. The molecule has 0 fully saturated rings. The van der Waals surface area contributed by atoms with Crippen LogP contribution in [0.4, 0.5) is 0 Å². The van der Waals surface area contributed by atoms with Crippen LogP contribution < -0.4 is 11.3 Å². The number of aromatic nitrogens is 2. The van der Waals surface area contributed by atoms with Gasteiger partial charge >= 0.3 is 0 Å². The Balaban J connectivity index is 2.35. The number of halogens is 2. The minimum Gasteiger partial charge on any atom is -0.271 e. The van der Waals surface area contributed by atoms with Gasteiger partial charge in [0.2, 0.25) is 0 Å². The van der Waals surface area contributed by atoms with E-state index < -0.39 is 0 Å². The van der Waals surface area contributed by atoms with Crippen LogP contribution in [0.2, 0.25) is 0 Å². The van der Waals surface area contributed by atoms with Gasteiger partial charge in [-0.25, -0.2) is 0 Å². The molecule has 1 heterocycles. The Bertz CT molecular complexity index is 617.